The zero-order chi connectivity index (χ0) is 11.9. The van der Waals surface area contributed by atoms with E-state index in [1.807, 2.05) is 0 Å². The highest BCUT2D eigenvalue weighted by atomic mass is 15.1. The number of hydrogen-bond acceptors (Lipinski definition) is 2. The van der Waals surface area contributed by atoms with E-state index in [4.69, 9.17) is 0 Å². The van der Waals surface area contributed by atoms with Gasteiger partial charge in [-0.25, -0.2) is 0 Å². The molecule has 1 fully saturated rings. The predicted octanol–water partition coefficient (Wildman–Crippen LogP) is 2.78. The van der Waals surface area contributed by atoms with Crippen LogP contribution in [0.2, 0.25) is 0 Å². The zero-order valence-electron chi connectivity index (χ0n) is 10.9. The Labute approximate surface area is 105 Å². The van der Waals surface area contributed by atoms with Crippen molar-refractivity contribution in [1.29, 1.82) is 0 Å². The van der Waals surface area contributed by atoms with Crippen LogP contribution in [0.4, 0.5) is 0 Å². The topological polar surface area (TPSA) is 15.3 Å². The second-order valence-electron chi connectivity index (χ2n) is 4.89. The Hall–Kier alpha value is -0.860. The highest BCUT2D eigenvalue weighted by Crippen LogP contribution is 2.15. The summed E-state index contributed by atoms with van der Waals surface area (Å²) in [6.45, 7) is 7.87. The Kier molecular flexibility index (Phi) is 5.02. The normalized spacial score (nSPS) is 17.2. The van der Waals surface area contributed by atoms with Crippen LogP contribution in [0.3, 0.4) is 0 Å². The third-order valence-electron chi connectivity index (χ3n) is 3.53. The van der Waals surface area contributed by atoms with Crippen LogP contribution >= 0.6 is 0 Å². The van der Waals surface area contributed by atoms with Gasteiger partial charge in [0, 0.05) is 13.1 Å². The number of nitrogens with zero attached hydrogens (tertiary/aromatic N) is 1. The molecular formula is C15H24N2. The molecule has 0 aliphatic carbocycles. The maximum absolute atomic E-state index is 3.42. The number of piperidine rings is 1. The van der Waals surface area contributed by atoms with Crippen LogP contribution in [0.1, 0.15) is 37.3 Å². The van der Waals surface area contributed by atoms with E-state index in [0.29, 0.717) is 0 Å². The molecule has 0 aromatic heterocycles. The average molecular weight is 232 g/mol. The van der Waals surface area contributed by atoms with Gasteiger partial charge in [-0.3, -0.25) is 4.90 Å². The molecule has 94 valence electrons. The molecule has 0 atom stereocenters. The molecule has 1 aliphatic heterocycles. The lowest BCUT2D eigenvalue weighted by molar-refractivity contribution is 0.220. The molecule has 17 heavy (non-hydrogen) atoms. The monoisotopic (exact) mass is 232 g/mol. The van der Waals surface area contributed by atoms with Gasteiger partial charge in [0.25, 0.3) is 0 Å². The molecule has 2 heteroatoms. The van der Waals surface area contributed by atoms with Crippen LogP contribution < -0.4 is 5.32 Å². The van der Waals surface area contributed by atoms with Crippen LogP contribution in [-0.4, -0.2) is 24.5 Å². The number of benzene rings is 1. The molecule has 0 amide bonds. The molecule has 1 N–H and O–H groups in total. The third-order valence-corrected chi connectivity index (χ3v) is 3.53. The van der Waals surface area contributed by atoms with Crippen LogP contribution in [0.25, 0.3) is 0 Å². The summed E-state index contributed by atoms with van der Waals surface area (Å²) in [5.41, 5.74) is 2.95. The van der Waals surface area contributed by atoms with E-state index >= 15 is 0 Å². The van der Waals surface area contributed by atoms with Gasteiger partial charge in [-0.15, -0.1) is 0 Å². The molecule has 0 spiro atoms. The Morgan fingerprint density at radius 2 is 1.76 bits per heavy atom. The minimum absolute atomic E-state index is 1.00. The first-order chi connectivity index (χ1) is 8.40. The summed E-state index contributed by atoms with van der Waals surface area (Å²) in [5, 5.41) is 3.42. The highest BCUT2D eigenvalue weighted by molar-refractivity contribution is 5.27. The Bertz CT molecular complexity index is 329. The fourth-order valence-electron chi connectivity index (χ4n) is 2.50. The quantitative estimate of drug-likeness (QED) is 0.840. The van der Waals surface area contributed by atoms with Gasteiger partial charge in [0.2, 0.25) is 0 Å². The van der Waals surface area contributed by atoms with Gasteiger partial charge < -0.3 is 5.32 Å². The first kappa shape index (κ1) is 12.6. The van der Waals surface area contributed by atoms with Gasteiger partial charge in [-0.05, 0) is 43.6 Å². The van der Waals surface area contributed by atoms with Crippen LogP contribution in [0.15, 0.2) is 24.3 Å². The van der Waals surface area contributed by atoms with Crippen molar-refractivity contribution in [1.82, 2.24) is 10.2 Å². The van der Waals surface area contributed by atoms with E-state index in [1.54, 1.807) is 0 Å². The lowest BCUT2D eigenvalue weighted by Gasteiger charge is -2.27. The van der Waals surface area contributed by atoms with Crippen molar-refractivity contribution in [3.05, 3.63) is 35.4 Å². The molecule has 2 rings (SSSR count). The van der Waals surface area contributed by atoms with E-state index in [9.17, 15) is 0 Å². The summed E-state index contributed by atoms with van der Waals surface area (Å²) < 4.78 is 0. The summed E-state index contributed by atoms with van der Waals surface area (Å²) in [6, 6.07) is 8.84. The molecule has 1 aliphatic rings. The average Bonchev–Trinajstić information content (AvgIpc) is 2.39. The smallest absolute Gasteiger partial charge is 0.0236 e. The largest absolute Gasteiger partial charge is 0.313 e. The van der Waals surface area contributed by atoms with Gasteiger partial charge in [-0.1, -0.05) is 37.6 Å². The Balaban J connectivity index is 1.98. The highest BCUT2D eigenvalue weighted by Gasteiger charge is 2.11. The number of rotatable bonds is 5. The molecule has 0 saturated carbocycles. The lowest BCUT2D eigenvalue weighted by atomic mass is 10.0. The van der Waals surface area contributed by atoms with E-state index in [1.165, 1.54) is 43.5 Å². The third kappa shape index (κ3) is 3.83. The minimum atomic E-state index is 1.00. The molecule has 1 heterocycles. The van der Waals surface area contributed by atoms with Crippen molar-refractivity contribution in [3.8, 4) is 0 Å². The summed E-state index contributed by atoms with van der Waals surface area (Å²) in [7, 11) is 0. The second-order valence-corrected chi connectivity index (χ2v) is 4.89. The molecule has 1 aromatic carbocycles. The Morgan fingerprint density at radius 1 is 1.06 bits per heavy atom. The summed E-state index contributed by atoms with van der Waals surface area (Å²) in [5.74, 6) is 0. The first-order valence-corrected chi connectivity index (χ1v) is 6.90. The first-order valence-electron chi connectivity index (χ1n) is 6.90. The van der Waals surface area contributed by atoms with Crippen LogP contribution in [-0.2, 0) is 13.1 Å². The summed E-state index contributed by atoms with van der Waals surface area (Å²) in [4.78, 5) is 2.59. The van der Waals surface area contributed by atoms with E-state index in [0.717, 1.165) is 19.6 Å². The van der Waals surface area contributed by atoms with Crippen molar-refractivity contribution < 1.29 is 0 Å². The van der Waals surface area contributed by atoms with Crippen molar-refractivity contribution in [2.45, 2.75) is 39.3 Å². The van der Waals surface area contributed by atoms with Gasteiger partial charge in [0.15, 0.2) is 0 Å². The maximum Gasteiger partial charge on any atom is 0.0236 e. The van der Waals surface area contributed by atoms with E-state index in [-0.39, 0.29) is 0 Å². The molecule has 2 nitrogen and oxygen atoms in total. The van der Waals surface area contributed by atoms with E-state index < -0.39 is 0 Å². The predicted molar refractivity (Wildman–Crippen MR) is 73.0 cm³/mol. The number of likely N-dealkylation sites (tertiary alicyclic amines) is 1. The summed E-state index contributed by atoms with van der Waals surface area (Å²) >= 11 is 0. The molecule has 1 saturated heterocycles. The maximum atomic E-state index is 3.42. The standard InChI is InChI=1S/C15H24N2/c1-2-16-12-14-8-4-5-9-15(14)13-17-10-6-3-7-11-17/h4-5,8-9,16H,2-3,6-7,10-13H2,1H3. The lowest BCUT2D eigenvalue weighted by Crippen LogP contribution is -2.29. The molecule has 0 unspecified atom stereocenters. The molecule has 0 bridgehead atoms. The fraction of sp³-hybridized carbons (Fsp3) is 0.600. The van der Waals surface area contributed by atoms with Gasteiger partial charge in [0.1, 0.15) is 0 Å². The van der Waals surface area contributed by atoms with Crippen LogP contribution in [0, 0.1) is 0 Å². The Morgan fingerprint density at radius 3 is 2.47 bits per heavy atom. The molecule has 1 aromatic rings. The fourth-order valence-corrected chi connectivity index (χ4v) is 2.50. The van der Waals surface area contributed by atoms with Crippen molar-refractivity contribution in [3.63, 3.8) is 0 Å². The van der Waals surface area contributed by atoms with Crippen molar-refractivity contribution in [2.75, 3.05) is 19.6 Å². The second kappa shape index (κ2) is 6.77. The molecule has 0 radical (unpaired) electrons. The summed E-state index contributed by atoms with van der Waals surface area (Å²) in [6.07, 6.45) is 4.15. The van der Waals surface area contributed by atoms with Gasteiger partial charge >= 0.3 is 0 Å². The van der Waals surface area contributed by atoms with Gasteiger partial charge in [-0.2, -0.15) is 0 Å². The SMILES string of the molecule is CCNCc1ccccc1CN1CCCCC1. The van der Waals surface area contributed by atoms with Crippen molar-refractivity contribution in [2.24, 2.45) is 0 Å². The van der Waals surface area contributed by atoms with Crippen molar-refractivity contribution >= 4 is 0 Å². The van der Waals surface area contributed by atoms with E-state index in [2.05, 4.69) is 41.4 Å². The zero-order valence-corrected chi connectivity index (χ0v) is 10.9. The molecular weight excluding hydrogens is 208 g/mol. The number of hydrogen-bond donors (Lipinski definition) is 1. The van der Waals surface area contributed by atoms with Gasteiger partial charge in [0.05, 0.1) is 0 Å². The van der Waals surface area contributed by atoms with Crippen LogP contribution in [0.5, 0.6) is 0 Å². The number of nitrogens with one attached hydrogen (secondary N) is 1. The minimum Gasteiger partial charge on any atom is -0.313 e.